The van der Waals surface area contributed by atoms with Crippen LogP contribution >= 0.6 is 0 Å². The second-order valence-corrected chi connectivity index (χ2v) is 12.5. The van der Waals surface area contributed by atoms with Crippen LogP contribution in [-0.4, -0.2) is 52.7 Å². The van der Waals surface area contributed by atoms with Gasteiger partial charge in [0.1, 0.15) is 40.2 Å². The molecule has 0 aliphatic heterocycles. The van der Waals surface area contributed by atoms with E-state index in [1.807, 2.05) is 48.5 Å². The van der Waals surface area contributed by atoms with Crippen molar-refractivity contribution < 1.29 is 27.4 Å². The van der Waals surface area contributed by atoms with Crippen LogP contribution in [0, 0.1) is 11.3 Å². The van der Waals surface area contributed by atoms with Gasteiger partial charge in [0.2, 0.25) is 5.95 Å². The topological polar surface area (TPSA) is 114 Å². The summed E-state index contributed by atoms with van der Waals surface area (Å²) in [5.41, 5.74) is 2.39. The van der Waals surface area contributed by atoms with Crippen molar-refractivity contribution in [1.82, 2.24) is 24.4 Å². The summed E-state index contributed by atoms with van der Waals surface area (Å²) in [7, 11) is 8.31. The number of nitrogens with one attached hydrogen (secondary N) is 1. The second-order valence-electron chi connectivity index (χ2n) is 12.5. The molecule has 0 saturated heterocycles. The smallest absolute Gasteiger partial charge is 0.416 e. The zero-order valence-electron chi connectivity index (χ0n) is 29.8. The second kappa shape index (κ2) is 15.5. The van der Waals surface area contributed by atoms with E-state index < -0.39 is 11.7 Å². The van der Waals surface area contributed by atoms with Crippen molar-refractivity contribution in [2.75, 3.05) is 38.5 Å². The molecule has 0 bridgehead atoms. The Labute approximate surface area is 304 Å². The number of anilines is 3. The Kier molecular flexibility index (Phi) is 10.7. The van der Waals surface area contributed by atoms with Crippen molar-refractivity contribution in [1.29, 1.82) is 5.26 Å². The van der Waals surface area contributed by atoms with Gasteiger partial charge < -0.3 is 33.9 Å². The number of nitriles is 1. The number of halogens is 3. The van der Waals surface area contributed by atoms with Crippen molar-refractivity contribution in [2.24, 2.45) is 7.05 Å². The average molecular weight is 723 g/mol. The molecule has 53 heavy (non-hydrogen) atoms. The van der Waals surface area contributed by atoms with Crippen molar-refractivity contribution in [2.45, 2.75) is 25.8 Å². The highest BCUT2D eigenvalue weighted by Gasteiger charge is 2.34. The molecule has 6 rings (SSSR count). The first-order valence-electron chi connectivity index (χ1n) is 16.5. The lowest BCUT2D eigenvalue weighted by molar-refractivity contribution is -0.138. The van der Waals surface area contributed by atoms with Gasteiger partial charge in [-0.3, -0.25) is 0 Å². The SMILES string of the molecule is COc1ccc(CN(Cc2ccc(OC)cc2)c2cc(Oc3cnc4nc(Nc5ccc(CN(C)C)c(C(F)(F)F)c5)n(C)c4c3C#N)ccn2)cc1. The Bertz CT molecular complexity index is 2200. The van der Waals surface area contributed by atoms with E-state index in [0.717, 1.165) is 28.7 Å². The van der Waals surface area contributed by atoms with Crippen LogP contribution in [0.1, 0.15) is 27.8 Å². The van der Waals surface area contributed by atoms with Gasteiger partial charge in [-0.15, -0.1) is 0 Å². The first-order chi connectivity index (χ1) is 25.4. The van der Waals surface area contributed by atoms with Gasteiger partial charge >= 0.3 is 6.18 Å². The third kappa shape index (κ3) is 8.43. The van der Waals surface area contributed by atoms with Gasteiger partial charge in [0.15, 0.2) is 11.4 Å². The largest absolute Gasteiger partial charge is 0.497 e. The van der Waals surface area contributed by atoms with E-state index in [4.69, 9.17) is 14.2 Å². The summed E-state index contributed by atoms with van der Waals surface area (Å²) in [4.78, 5) is 17.3. The van der Waals surface area contributed by atoms with E-state index >= 15 is 0 Å². The third-order valence-corrected chi connectivity index (χ3v) is 8.47. The number of benzene rings is 3. The molecule has 11 nitrogen and oxygen atoms in total. The molecule has 3 aromatic heterocycles. The molecule has 0 aliphatic rings. The number of nitrogens with zero attached hydrogens (tertiary/aromatic N) is 7. The maximum Gasteiger partial charge on any atom is 0.416 e. The molecule has 0 aliphatic carbocycles. The minimum absolute atomic E-state index is 0.127. The quantitative estimate of drug-likeness (QED) is 0.126. The van der Waals surface area contributed by atoms with Crippen LogP contribution < -0.4 is 24.4 Å². The van der Waals surface area contributed by atoms with Crippen molar-refractivity contribution in [3.63, 3.8) is 0 Å². The summed E-state index contributed by atoms with van der Waals surface area (Å²) in [6.07, 6.45) is -1.52. The number of pyridine rings is 2. The molecular weight excluding hydrogens is 685 g/mol. The summed E-state index contributed by atoms with van der Waals surface area (Å²) in [6, 6.07) is 25.3. The molecule has 1 N–H and O–H groups in total. The highest BCUT2D eigenvalue weighted by Crippen LogP contribution is 2.36. The van der Waals surface area contributed by atoms with E-state index in [2.05, 4.69) is 31.2 Å². The van der Waals surface area contributed by atoms with Crippen LogP contribution in [0.2, 0.25) is 0 Å². The van der Waals surface area contributed by atoms with Gasteiger partial charge in [0.25, 0.3) is 0 Å². The molecule has 0 unspecified atom stereocenters. The number of rotatable bonds is 13. The van der Waals surface area contributed by atoms with Crippen molar-refractivity contribution in [3.05, 3.63) is 119 Å². The predicted molar refractivity (Wildman–Crippen MR) is 196 cm³/mol. The minimum atomic E-state index is -4.55. The van der Waals surface area contributed by atoms with Gasteiger partial charge in [-0.25, -0.2) is 9.97 Å². The lowest BCUT2D eigenvalue weighted by atomic mass is 10.1. The van der Waals surface area contributed by atoms with Crippen LogP contribution in [0.5, 0.6) is 23.0 Å². The van der Waals surface area contributed by atoms with Crippen molar-refractivity contribution in [3.8, 4) is 29.1 Å². The summed E-state index contributed by atoms with van der Waals surface area (Å²) in [5, 5.41) is 13.3. The third-order valence-electron chi connectivity index (χ3n) is 8.47. The Hall–Kier alpha value is -6.33. The lowest BCUT2D eigenvalue weighted by Gasteiger charge is -2.25. The normalized spacial score (nSPS) is 11.4. The molecule has 0 spiro atoms. The molecule has 6 aromatic rings. The standard InChI is InChI=1S/C39H37F3N8O3/c1-48(2)24-27-10-11-28(18-33(27)39(40,41)42)46-38-47-37-36(49(38)3)32(20-43)34(21-45-37)53-31-16-17-44-35(19-31)50(22-25-6-12-29(51-4)13-7-25)23-26-8-14-30(52-5)15-9-26/h6-19,21H,22-24H2,1-5H3,(H,45,46,47). The monoisotopic (exact) mass is 722 g/mol. The highest BCUT2D eigenvalue weighted by molar-refractivity contribution is 5.84. The van der Waals surface area contributed by atoms with E-state index in [1.165, 1.54) is 12.3 Å². The minimum Gasteiger partial charge on any atom is -0.497 e. The Morgan fingerprint density at radius 2 is 1.47 bits per heavy atom. The zero-order valence-corrected chi connectivity index (χ0v) is 29.8. The Morgan fingerprint density at radius 3 is 2.04 bits per heavy atom. The van der Waals surface area contributed by atoms with Crippen LogP contribution in [0.3, 0.4) is 0 Å². The fraction of sp³-hybridized carbons (Fsp3) is 0.231. The highest BCUT2D eigenvalue weighted by atomic mass is 19.4. The molecule has 14 heteroatoms. The number of aromatic nitrogens is 4. The number of aryl methyl sites for hydroxylation is 1. The van der Waals surface area contributed by atoms with E-state index in [1.54, 1.807) is 69.2 Å². The van der Waals surface area contributed by atoms with Crippen LogP contribution in [-0.2, 0) is 32.9 Å². The summed E-state index contributed by atoms with van der Waals surface area (Å²) in [6.45, 7) is 1.18. The number of imidazole rings is 1. The van der Waals surface area contributed by atoms with Gasteiger partial charge in [-0.2, -0.15) is 23.4 Å². The lowest BCUT2D eigenvalue weighted by Crippen LogP contribution is -2.23. The van der Waals surface area contributed by atoms with E-state index in [-0.39, 0.29) is 40.7 Å². The average Bonchev–Trinajstić information content (AvgIpc) is 3.46. The predicted octanol–water partition coefficient (Wildman–Crippen LogP) is 8.08. The molecule has 3 heterocycles. The molecule has 0 atom stereocenters. The zero-order chi connectivity index (χ0) is 37.7. The Morgan fingerprint density at radius 1 is 0.830 bits per heavy atom. The van der Waals surface area contributed by atoms with E-state index in [9.17, 15) is 18.4 Å². The molecule has 0 fully saturated rings. The summed E-state index contributed by atoms with van der Waals surface area (Å²) in [5.74, 6) is 2.93. The van der Waals surface area contributed by atoms with Crippen LogP contribution in [0.25, 0.3) is 11.2 Å². The Balaban J connectivity index is 1.29. The number of alkyl halides is 3. The number of ether oxygens (including phenoxy) is 3. The fourth-order valence-electron chi connectivity index (χ4n) is 5.86. The maximum absolute atomic E-state index is 14.0. The van der Waals surface area contributed by atoms with Crippen LogP contribution in [0.15, 0.2) is 91.3 Å². The van der Waals surface area contributed by atoms with Gasteiger partial charge in [0, 0.05) is 44.6 Å². The van der Waals surface area contributed by atoms with E-state index in [0.29, 0.717) is 30.2 Å². The maximum atomic E-state index is 14.0. The van der Waals surface area contributed by atoms with Gasteiger partial charge in [-0.1, -0.05) is 30.3 Å². The molecule has 0 amide bonds. The molecule has 272 valence electrons. The number of hydrogen-bond donors (Lipinski definition) is 1. The summed E-state index contributed by atoms with van der Waals surface area (Å²) >= 11 is 0. The van der Waals surface area contributed by atoms with Crippen LogP contribution in [0.4, 0.5) is 30.6 Å². The molecule has 3 aromatic carbocycles. The van der Waals surface area contributed by atoms with Crippen molar-refractivity contribution >= 4 is 28.6 Å². The number of hydrogen-bond acceptors (Lipinski definition) is 10. The molecular formula is C39H37F3N8O3. The van der Waals surface area contributed by atoms with Gasteiger partial charge in [0.05, 0.1) is 26.0 Å². The number of fused-ring (bicyclic) bond motifs is 1. The molecule has 0 radical (unpaired) electrons. The molecule has 0 saturated carbocycles. The first-order valence-corrected chi connectivity index (χ1v) is 16.5. The first kappa shape index (κ1) is 36.5. The fourth-order valence-corrected chi connectivity index (χ4v) is 5.86. The summed E-state index contributed by atoms with van der Waals surface area (Å²) < 4.78 is 60.4. The number of methoxy groups -OCH3 is 2. The van der Waals surface area contributed by atoms with Gasteiger partial charge in [-0.05, 0) is 73.3 Å².